The maximum absolute atomic E-state index is 11.5. The Hall–Kier alpha value is -2.71. The molecule has 0 spiro atoms. The van der Waals surface area contributed by atoms with E-state index in [0.29, 0.717) is 0 Å². The van der Waals surface area contributed by atoms with Crippen LogP contribution in [-0.2, 0) is 0 Å². The largest absolute Gasteiger partial charge is 0.298 e. The molecule has 0 unspecified atom stereocenters. The van der Waals surface area contributed by atoms with Crippen LogP contribution >= 0.6 is 11.3 Å². The van der Waals surface area contributed by atoms with Crippen LogP contribution in [0.5, 0.6) is 0 Å². The van der Waals surface area contributed by atoms with Crippen molar-refractivity contribution in [2.45, 2.75) is 0 Å². The van der Waals surface area contributed by atoms with Gasteiger partial charge in [-0.3, -0.25) is 4.79 Å². The summed E-state index contributed by atoms with van der Waals surface area (Å²) in [5.74, 6) is 0. The Labute approximate surface area is 136 Å². The maximum Gasteiger partial charge on any atom is 0.150 e. The summed E-state index contributed by atoms with van der Waals surface area (Å²) in [5.41, 5.74) is 0.758. The molecule has 0 radical (unpaired) electrons. The van der Waals surface area contributed by atoms with Gasteiger partial charge in [0.05, 0.1) is 0 Å². The third-order valence-corrected chi connectivity index (χ3v) is 5.65. The Kier molecular flexibility index (Phi) is 2.58. The molecule has 0 aliphatic carbocycles. The van der Waals surface area contributed by atoms with Crippen LogP contribution in [-0.4, -0.2) is 6.29 Å². The van der Waals surface area contributed by atoms with Crippen LogP contribution in [0.1, 0.15) is 10.4 Å². The van der Waals surface area contributed by atoms with E-state index in [1.165, 1.54) is 25.6 Å². The van der Waals surface area contributed by atoms with Crippen LogP contribution in [0.2, 0.25) is 0 Å². The zero-order valence-electron chi connectivity index (χ0n) is 12.2. The second kappa shape index (κ2) is 4.64. The first-order chi connectivity index (χ1) is 11.3. The molecule has 4 aromatic carbocycles. The zero-order valence-corrected chi connectivity index (χ0v) is 13.1. The molecule has 1 aromatic heterocycles. The summed E-state index contributed by atoms with van der Waals surface area (Å²) in [6.07, 6.45) is 0.955. The van der Waals surface area contributed by atoms with Crippen molar-refractivity contribution < 1.29 is 4.79 Å². The predicted molar refractivity (Wildman–Crippen MR) is 99.7 cm³/mol. The van der Waals surface area contributed by atoms with Crippen LogP contribution in [0.25, 0.3) is 41.7 Å². The van der Waals surface area contributed by atoms with Gasteiger partial charge < -0.3 is 0 Å². The van der Waals surface area contributed by atoms with Crippen molar-refractivity contribution in [2.75, 3.05) is 0 Å². The van der Waals surface area contributed by atoms with Crippen molar-refractivity contribution in [3.8, 4) is 0 Å². The van der Waals surface area contributed by atoms with E-state index in [1.807, 2.05) is 35.6 Å². The Morgan fingerprint density at radius 2 is 1.39 bits per heavy atom. The molecule has 5 rings (SSSR count). The molecule has 2 heteroatoms. The number of thiophene rings is 1. The van der Waals surface area contributed by atoms with Gasteiger partial charge in [-0.15, -0.1) is 11.3 Å². The van der Waals surface area contributed by atoms with Gasteiger partial charge in [0.2, 0.25) is 0 Å². The lowest BCUT2D eigenvalue weighted by molar-refractivity contribution is 0.112. The van der Waals surface area contributed by atoms with Crippen molar-refractivity contribution in [2.24, 2.45) is 0 Å². The summed E-state index contributed by atoms with van der Waals surface area (Å²) >= 11 is 1.81. The Bertz CT molecular complexity index is 1230. The smallest absolute Gasteiger partial charge is 0.150 e. The van der Waals surface area contributed by atoms with E-state index in [-0.39, 0.29) is 0 Å². The van der Waals surface area contributed by atoms with Gasteiger partial charge in [-0.2, -0.15) is 0 Å². The minimum Gasteiger partial charge on any atom is -0.298 e. The molecule has 0 N–H and O–H groups in total. The third kappa shape index (κ3) is 1.76. The van der Waals surface area contributed by atoms with Gasteiger partial charge in [0.15, 0.2) is 6.29 Å². The van der Waals surface area contributed by atoms with Gasteiger partial charge >= 0.3 is 0 Å². The number of carbonyl (C=O) groups is 1. The molecule has 1 nitrogen and oxygen atoms in total. The Balaban J connectivity index is 2.05. The lowest BCUT2D eigenvalue weighted by Gasteiger charge is -2.07. The van der Waals surface area contributed by atoms with E-state index in [9.17, 15) is 4.79 Å². The van der Waals surface area contributed by atoms with Crippen molar-refractivity contribution >= 4 is 59.3 Å². The van der Waals surface area contributed by atoms with Crippen molar-refractivity contribution in [1.82, 2.24) is 0 Å². The van der Waals surface area contributed by atoms with Crippen LogP contribution < -0.4 is 0 Å². The van der Waals surface area contributed by atoms with E-state index < -0.39 is 0 Å². The van der Waals surface area contributed by atoms with Gasteiger partial charge in [-0.25, -0.2) is 0 Å². The SMILES string of the molecule is O=Cc1cc2cc3sc4ccccc4c3cc2c2ccccc12. The molecule has 23 heavy (non-hydrogen) atoms. The average molecular weight is 312 g/mol. The van der Waals surface area contributed by atoms with Crippen molar-refractivity contribution in [3.05, 3.63) is 72.3 Å². The van der Waals surface area contributed by atoms with Crippen molar-refractivity contribution in [3.63, 3.8) is 0 Å². The summed E-state index contributed by atoms with van der Waals surface area (Å²) in [4.78, 5) is 11.5. The molecule has 0 saturated heterocycles. The van der Waals surface area contributed by atoms with Gasteiger partial charge in [0.25, 0.3) is 0 Å². The highest BCUT2D eigenvalue weighted by atomic mass is 32.1. The Morgan fingerprint density at radius 1 is 0.652 bits per heavy atom. The molecule has 0 atom stereocenters. The van der Waals surface area contributed by atoms with E-state index in [4.69, 9.17) is 0 Å². The minimum atomic E-state index is 0.758. The van der Waals surface area contributed by atoms with Gasteiger partial charge in [-0.1, -0.05) is 42.5 Å². The fourth-order valence-electron chi connectivity index (χ4n) is 3.45. The quantitative estimate of drug-likeness (QED) is 0.267. The van der Waals surface area contributed by atoms with Crippen LogP contribution in [0.15, 0.2) is 66.7 Å². The highest BCUT2D eigenvalue weighted by Gasteiger charge is 2.10. The fraction of sp³-hybridized carbons (Fsp3) is 0. The molecule has 0 bridgehead atoms. The summed E-state index contributed by atoms with van der Waals surface area (Å²) in [7, 11) is 0. The summed E-state index contributed by atoms with van der Waals surface area (Å²) in [6.45, 7) is 0. The molecule has 0 amide bonds. The monoisotopic (exact) mass is 312 g/mol. The number of hydrogen-bond acceptors (Lipinski definition) is 2. The first kappa shape index (κ1) is 12.8. The number of fused-ring (bicyclic) bond motifs is 6. The summed E-state index contributed by atoms with van der Waals surface area (Å²) in [6, 6.07) is 23.2. The van der Waals surface area contributed by atoms with Crippen molar-refractivity contribution in [1.29, 1.82) is 0 Å². The molecular formula is C21H12OS. The molecule has 1 heterocycles. The van der Waals surface area contributed by atoms with Crippen LogP contribution in [0.4, 0.5) is 0 Å². The van der Waals surface area contributed by atoms with Crippen LogP contribution in [0.3, 0.4) is 0 Å². The van der Waals surface area contributed by atoms with Gasteiger partial charge in [0.1, 0.15) is 0 Å². The topological polar surface area (TPSA) is 17.1 Å². The van der Waals surface area contributed by atoms with E-state index in [2.05, 4.69) is 42.5 Å². The molecule has 0 fully saturated rings. The maximum atomic E-state index is 11.5. The summed E-state index contributed by atoms with van der Waals surface area (Å²) < 4.78 is 2.57. The average Bonchev–Trinajstić information content (AvgIpc) is 2.97. The van der Waals surface area contributed by atoms with E-state index in [0.717, 1.165) is 28.0 Å². The number of benzene rings is 4. The second-order valence-electron chi connectivity index (χ2n) is 5.80. The molecular weight excluding hydrogens is 300 g/mol. The number of aldehydes is 1. The lowest BCUT2D eigenvalue weighted by atomic mass is 9.96. The second-order valence-corrected chi connectivity index (χ2v) is 6.88. The fourth-order valence-corrected chi connectivity index (χ4v) is 4.59. The number of rotatable bonds is 1. The first-order valence-electron chi connectivity index (χ1n) is 7.57. The first-order valence-corrected chi connectivity index (χ1v) is 8.39. The highest BCUT2D eigenvalue weighted by Crippen LogP contribution is 2.38. The minimum absolute atomic E-state index is 0.758. The van der Waals surface area contributed by atoms with Crippen LogP contribution in [0, 0.1) is 0 Å². The normalized spacial score (nSPS) is 11.7. The highest BCUT2D eigenvalue weighted by molar-refractivity contribution is 7.25. The molecule has 0 aliphatic heterocycles. The molecule has 5 aromatic rings. The summed E-state index contributed by atoms with van der Waals surface area (Å²) in [5, 5.41) is 7.10. The Morgan fingerprint density at radius 3 is 2.22 bits per heavy atom. The third-order valence-electron chi connectivity index (χ3n) is 4.52. The predicted octanol–water partition coefficient (Wildman–Crippen LogP) is 6.17. The standard InChI is InChI=1S/C21H12OS/c22-12-14-9-13-10-21-19(17-7-3-4-8-20(17)23-21)11-18(13)16-6-2-1-5-15(14)16/h1-12H. The molecule has 0 saturated carbocycles. The number of hydrogen-bond donors (Lipinski definition) is 0. The number of carbonyl (C=O) groups excluding carboxylic acids is 1. The lowest BCUT2D eigenvalue weighted by Crippen LogP contribution is -1.86. The molecule has 0 aliphatic rings. The van der Waals surface area contributed by atoms with E-state index >= 15 is 0 Å². The van der Waals surface area contributed by atoms with Gasteiger partial charge in [-0.05, 0) is 45.8 Å². The van der Waals surface area contributed by atoms with Gasteiger partial charge in [0, 0.05) is 25.7 Å². The zero-order chi connectivity index (χ0) is 15.4. The van der Waals surface area contributed by atoms with E-state index in [1.54, 1.807) is 0 Å². The molecule has 108 valence electrons.